The lowest BCUT2D eigenvalue weighted by Crippen LogP contribution is -2.14. The van der Waals surface area contributed by atoms with Crippen LogP contribution in [0, 0.1) is 12.8 Å². The summed E-state index contributed by atoms with van der Waals surface area (Å²) in [7, 11) is 0. The van der Waals surface area contributed by atoms with Gasteiger partial charge in [-0.2, -0.15) is 15.9 Å². The zero-order valence-corrected chi connectivity index (χ0v) is 15.2. The molecule has 5 rings (SSSR count). The van der Waals surface area contributed by atoms with E-state index in [-0.39, 0.29) is 6.04 Å². The second kappa shape index (κ2) is 5.89. The van der Waals surface area contributed by atoms with Gasteiger partial charge in [-0.25, -0.2) is 4.98 Å². The largest absolute Gasteiger partial charge is 0.359 e. The van der Waals surface area contributed by atoms with E-state index in [0.717, 1.165) is 27.9 Å². The predicted octanol–water partition coefficient (Wildman–Crippen LogP) is 4.18. The molecule has 0 aromatic carbocycles. The van der Waals surface area contributed by atoms with Gasteiger partial charge in [0.2, 0.25) is 0 Å². The third-order valence-electron chi connectivity index (χ3n) is 4.34. The molecule has 1 fully saturated rings. The van der Waals surface area contributed by atoms with Crippen LogP contribution in [0.4, 0.5) is 5.82 Å². The maximum Gasteiger partial charge on any atom is 0.186 e. The Hall–Kier alpha value is -2.32. The number of hydrogen-bond donors (Lipinski definition) is 1. The molecule has 1 N–H and O–H groups in total. The number of thiophene rings is 1. The van der Waals surface area contributed by atoms with Crippen molar-refractivity contribution in [3.63, 3.8) is 0 Å². The topological polar surface area (TPSA) is 68.0 Å². The van der Waals surface area contributed by atoms with E-state index in [1.54, 1.807) is 27.2 Å². The Morgan fingerprint density at radius 2 is 2.16 bits per heavy atom. The Balaban J connectivity index is 1.51. The van der Waals surface area contributed by atoms with Crippen LogP contribution in [0.25, 0.3) is 17.0 Å². The quantitative estimate of drug-likeness (QED) is 0.572. The highest BCUT2D eigenvalue weighted by Gasteiger charge is 2.34. The summed E-state index contributed by atoms with van der Waals surface area (Å²) in [6.45, 7) is 2.10. The number of nitrogens with zero attached hydrogens (tertiary/aromatic N) is 5. The number of aryl methyl sites for hydroxylation is 1. The molecule has 0 aliphatic heterocycles. The van der Waals surface area contributed by atoms with Gasteiger partial charge in [0.05, 0.1) is 6.04 Å². The molecule has 0 amide bonds. The van der Waals surface area contributed by atoms with Crippen LogP contribution in [-0.4, -0.2) is 24.8 Å². The lowest BCUT2D eigenvalue weighted by molar-refractivity contribution is 0.667. The average molecular weight is 368 g/mol. The van der Waals surface area contributed by atoms with Crippen LogP contribution in [0.1, 0.15) is 28.8 Å². The van der Waals surface area contributed by atoms with Crippen LogP contribution < -0.4 is 5.32 Å². The minimum absolute atomic E-state index is 0.227. The lowest BCUT2D eigenvalue weighted by Gasteiger charge is -2.16. The van der Waals surface area contributed by atoms with E-state index in [9.17, 15) is 0 Å². The van der Waals surface area contributed by atoms with Gasteiger partial charge in [-0.1, -0.05) is 0 Å². The number of anilines is 1. The van der Waals surface area contributed by atoms with Crippen molar-refractivity contribution in [1.29, 1.82) is 0 Å². The molecule has 0 radical (unpaired) electrons. The molecule has 1 atom stereocenters. The molecule has 25 heavy (non-hydrogen) atoms. The fraction of sp³-hybridized carbons (Fsp3) is 0.294. The van der Waals surface area contributed by atoms with Crippen molar-refractivity contribution in [3.05, 3.63) is 45.0 Å². The van der Waals surface area contributed by atoms with Crippen LogP contribution in [-0.2, 0) is 0 Å². The normalized spacial score (nSPS) is 15.6. The third-order valence-corrected chi connectivity index (χ3v) is 6.02. The Morgan fingerprint density at radius 3 is 2.88 bits per heavy atom. The Labute approximate surface area is 152 Å². The van der Waals surface area contributed by atoms with Crippen molar-refractivity contribution < 1.29 is 0 Å². The molecule has 1 saturated carbocycles. The molecule has 1 aliphatic rings. The summed E-state index contributed by atoms with van der Waals surface area (Å²) in [6.07, 6.45) is 4.43. The molecule has 8 heteroatoms. The SMILES string of the molecule is Cc1cnc(C(Nc2ccc3nnc(-c4ccsc4)n3n2)C2CC2)s1. The minimum Gasteiger partial charge on any atom is -0.359 e. The fourth-order valence-corrected chi connectivity index (χ4v) is 4.48. The first-order valence-corrected chi connectivity index (χ1v) is 9.98. The van der Waals surface area contributed by atoms with Crippen molar-refractivity contribution in [1.82, 2.24) is 24.8 Å². The van der Waals surface area contributed by atoms with Gasteiger partial charge in [-0.05, 0) is 49.3 Å². The number of hydrogen-bond acceptors (Lipinski definition) is 7. The zero-order valence-electron chi connectivity index (χ0n) is 13.6. The van der Waals surface area contributed by atoms with Gasteiger partial charge in [0.1, 0.15) is 10.8 Å². The summed E-state index contributed by atoms with van der Waals surface area (Å²) >= 11 is 3.40. The van der Waals surface area contributed by atoms with Gasteiger partial charge >= 0.3 is 0 Å². The number of nitrogens with one attached hydrogen (secondary N) is 1. The van der Waals surface area contributed by atoms with Crippen molar-refractivity contribution in [2.75, 3.05) is 5.32 Å². The molecule has 126 valence electrons. The van der Waals surface area contributed by atoms with E-state index in [1.165, 1.54) is 17.7 Å². The second-order valence-corrected chi connectivity index (χ2v) is 8.34. The van der Waals surface area contributed by atoms with E-state index in [0.29, 0.717) is 5.92 Å². The first-order chi connectivity index (χ1) is 12.3. The Bertz CT molecular complexity index is 1020. The zero-order chi connectivity index (χ0) is 16.8. The van der Waals surface area contributed by atoms with Crippen molar-refractivity contribution in [3.8, 4) is 11.4 Å². The number of thiazole rings is 1. The fourth-order valence-electron chi connectivity index (χ4n) is 2.92. The number of aromatic nitrogens is 5. The summed E-state index contributed by atoms with van der Waals surface area (Å²) in [5, 5.41) is 22.1. The summed E-state index contributed by atoms with van der Waals surface area (Å²) in [4.78, 5) is 5.82. The Kier molecular flexibility index (Phi) is 3.53. The van der Waals surface area contributed by atoms with Gasteiger partial charge in [0.25, 0.3) is 0 Å². The smallest absolute Gasteiger partial charge is 0.186 e. The lowest BCUT2D eigenvalue weighted by atomic mass is 10.2. The Morgan fingerprint density at radius 1 is 1.24 bits per heavy atom. The summed E-state index contributed by atoms with van der Waals surface area (Å²) in [6, 6.07) is 6.19. The summed E-state index contributed by atoms with van der Waals surface area (Å²) < 4.78 is 1.81. The molecule has 4 aromatic rings. The maximum atomic E-state index is 4.74. The third kappa shape index (κ3) is 2.81. The highest BCUT2D eigenvalue weighted by molar-refractivity contribution is 7.11. The van der Waals surface area contributed by atoms with Crippen LogP contribution in [0.15, 0.2) is 35.2 Å². The van der Waals surface area contributed by atoms with Crippen LogP contribution in [0.2, 0.25) is 0 Å². The summed E-state index contributed by atoms with van der Waals surface area (Å²) in [5.41, 5.74) is 1.79. The molecule has 0 saturated heterocycles. The highest BCUT2D eigenvalue weighted by atomic mass is 32.1. The molecule has 0 spiro atoms. The van der Waals surface area contributed by atoms with Crippen molar-refractivity contribution in [2.45, 2.75) is 25.8 Å². The molecule has 1 aliphatic carbocycles. The van der Waals surface area contributed by atoms with Gasteiger partial charge in [-0.15, -0.1) is 26.6 Å². The van der Waals surface area contributed by atoms with Crippen LogP contribution in [0.5, 0.6) is 0 Å². The van der Waals surface area contributed by atoms with Gasteiger partial charge in [-0.3, -0.25) is 0 Å². The average Bonchev–Trinajstić information content (AvgIpc) is 3.01. The number of fused-ring (bicyclic) bond motifs is 1. The van der Waals surface area contributed by atoms with E-state index in [4.69, 9.17) is 5.10 Å². The second-order valence-electron chi connectivity index (χ2n) is 6.29. The molecule has 4 aromatic heterocycles. The maximum absolute atomic E-state index is 4.74. The van der Waals surface area contributed by atoms with Gasteiger partial charge in [0, 0.05) is 22.0 Å². The van der Waals surface area contributed by atoms with Crippen molar-refractivity contribution >= 4 is 34.1 Å². The van der Waals surface area contributed by atoms with Crippen molar-refractivity contribution in [2.24, 2.45) is 5.92 Å². The number of rotatable bonds is 5. The minimum atomic E-state index is 0.227. The van der Waals surface area contributed by atoms with E-state index >= 15 is 0 Å². The predicted molar refractivity (Wildman–Crippen MR) is 100 cm³/mol. The van der Waals surface area contributed by atoms with Crippen LogP contribution >= 0.6 is 22.7 Å². The van der Waals surface area contributed by atoms with Gasteiger partial charge < -0.3 is 5.32 Å². The van der Waals surface area contributed by atoms with Gasteiger partial charge in [0.15, 0.2) is 11.5 Å². The van der Waals surface area contributed by atoms with Crippen LogP contribution in [0.3, 0.4) is 0 Å². The molecular formula is C17H16N6S2. The monoisotopic (exact) mass is 368 g/mol. The van der Waals surface area contributed by atoms with E-state index in [2.05, 4.69) is 32.8 Å². The summed E-state index contributed by atoms with van der Waals surface area (Å²) in [5.74, 6) is 2.24. The van der Waals surface area contributed by atoms with E-state index in [1.807, 2.05) is 29.8 Å². The van der Waals surface area contributed by atoms with E-state index < -0.39 is 0 Å². The standard InChI is InChI=1S/C17H16N6S2/c1-10-8-18-17(25-10)15(11-2-3-11)19-13-4-5-14-20-21-16(23(14)22-13)12-6-7-24-9-12/h4-9,11,15H,2-3H2,1H3,(H,19,22). The molecule has 6 nitrogen and oxygen atoms in total. The first-order valence-electron chi connectivity index (χ1n) is 8.22. The highest BCUT2D eigenvalue weighted by Crippen LogP contribution is 2.43. The first kappa shape index (κ1) is 15.0. The molecule has 4 heterocycles. The molecule has 0 bridgehead atoms. The molecular weight excluding hydrogens is 352 g/mol. The molecule has 1 unspecified atom stereocenters.